The van der Waals surface area contributed by atoms with Gasteiger partial charge >= 0.3 is 7.12 Å². The van der Waals surface area contributed by atoms with Crippen molar-refractivity contribution >= 4 is 28.3 Å². The quantitative estimate of drug-likeness (QED) is 0.726. The molecule has 0 aromatic heterocycles. The summed E-state index contributed by atoms with van der Waals surface area (Å²) >= 11 is 0. The number of methoxy groups -OCH3 is 2. The van der Waals surface area contributed by atoms with Crippen LogP contribution in [0.15, 0.2) is 47.4 Å². The maximum atomic E-state index is 12.9. The summed E-state index contributed by atoms with van der Waals surface area (Å²) in [5.74, 6) is 0.697. The van der Waals surface area contributed by atoms with Crippen LogP contribution in [0.1, 0.15) is 27.7 Å². The first-order valence-corrected chi connectivity index (χ1v) is 10.7. The number of ether oxygens (including phenoxy) is 2. The highest BCUT2D eigenvalue weighted by molar-refractivity contribution is 7.92. The second-order valence-corrected chi connectivity index (χ2v) is 9.49. The third-order valence-electron chi connectivity index (χ3n) is 5.32. The molecule has 7 nitrogen and oxygen atoms in total. The maximum Gasteiger partial charge on any atom is 0.494 e. The van der Waals surface area contributed by atoms with Gasteiger partial charge in [0.25, 0.3) is 10.0 Å². The summed E-state index contributed by atoms with van der Waals surface area (Å²) in [7, 11) is -1.55. The van der Waals surface area contributed by atoms with Crippen LogP contribution in [0.4, 0.5) is 5.69 Å². The molecule has 1 N–H and O–H groups in total. The van der Waals surface area contributed by atoms with Gasteiger partial charge in [0, 0.05) is 11.8 Å². The Morgan fingerprint density at radius 2 is 1.59 bits per heavy atom. The summed E-state index contributed by atoms with van der Waals surface area (Å²) in [6.45, 7) is 7.87. The van der Waals surface area contributed by atoms with E-state index in [2.05, 4.69) is 4.72 Å². The molecule has 2 aromatic carbocycles. The molecule has 1 saturated heterocycles. The molecule has 0 atom stereocenters. The van der Waals surface area contributed by atoms with E-state index in [1.165, 1.54) is 26.4 Å². The largest absolute Gasteiger partial charge is 0.497 e. The van der Waals surface area contributed by atoms with Crippen LogP contribution in [0.2, 0.25) is 0 Å². The predicted octanol–water partition coefficient (Wildman–Crippen LogP) is 2.80. The number of anilines is 1. The molecule has 0 unspecified atom stereocenters. The lowest BCUT2D eigenvalue weighted by Crippen LogP contribution is -2.41. The van der Waals surface area contributed by atoms with Crippen molar-refractivity contribution in [3.8, 4) is 11.5 Å². The van der Waals surface area contributed by atoms with Gasteiger partial charge in [-0.25, -0.2) is 8.42 Å². The number of hydrogen-bond donors (Lipinski definition) is 1. The molecule has 9 heteroatoms. The van der Waals surface area contributed by atoms with Crippen LogP contribution in [0.25, 0.3) is 0 Å². The first-order valence-electron chi connectivity index (χ1n) is 9.19. The molecular weight excluding hydrogens is 393 g/mol. The number of benzene rings is 2. The van der Waals surface area contributed by atoms with E-state index in [4.69, 9.17) is 18.8 Å². The molecule has 0 spiro atoms. The Morgan fingerprint density at radius 1 is 0.931 bits per heavy atom. The van der Waals surface area contributed by atoms with Gasteiger partial charge in [0.15, 0.2) is 0 Å². The minimum absolute atomic E-state index is 0.0156. The van der Waals surface area contributed by atoms with Crippen LogP contribution in [0, 0.1) is 0 Å². The Morgan fingerprint density at radius 3 is 2.17 bits per heavy atom. The van der Waals surface area contributed by atoms with Crippen molar-refractivity contribution in [1.82, 2.24) is 0 Å². The minimum atomic E-state index is -3.88. The van der Waals surface area contributed by atoms with E-state index in [-0.39, 0.29) is 10.6 Å². The van der Waals surface area contributed by atoms with Crippen LogP contribution in [0.5, 0.6) is 11.5 Å². The zero-order valence-electron chi connectivity index (χ0n) is 17.5. The zero-order chi connectivity index (χ0) is 21.4. The van der Waals surface area contributed by atoms with Gasteiger partial charge in [0.05, 0.1) is 25.4 Å². The van der Waals surface area contributed by atoms with E-state index < -0.39 is 28.3 Å². The lowest BCUT2D eigenvalue weighted by atomic mass is 9.79. The third kappa shape index (κ3) is 4.22. The van der Waals surface area contributed by atoms with Gasteiger partial charge in [-0.3, -0.25) is 4.72 Å². The van der Waals surface area contributed by atoms with E-state index in [1.807, 2.05) is 33.8 Å². The van der Waals surface area contributed by atoms with Crippen molar-refractivity contribution in [2.75, 3.05) is 18.9 Å². The molecular formula is C20H26BNO6S. The number of hydrogen-bond acceptors (Lipinski definition) is 6. The summed E-state index contributed by atoms with van der Waals surface area (Å²) in [6.07, 6.45) is 0. The number of nitrogens with one attached hydrogen (secondary N) is 1. The normalized spacial score (nSPS) is 17.8. The topological polar surface area (TPSA) is 83.1 Å². The molecule has 0 bridgehead atoms. The van der Waals surface area contributed by atoms with E-state index in [0.29, 0.717) is 11.4 Å². The van der Waals surface area contributed by atoms with Crippen molar-refractivity contribution in [2.45, 2.75) is 43.8 Å². The van der Waals surface area contributed by atoms with Crippen molar-refractivity contribution in [3.63, 3.8) is 0 Å². The van der Waals surface area contributed by atoms with E-state index in [1.54, 1.807) is 24.3 Å². The second kappa shape index (κ2) is 7.55. The van der Waals surface area contributed by atoms with E-state index in [9.17, 15) is 8.42 Å². The molecule has 1 aliphatic rings. The van der Waals surface area contributed by atoms with Gasteiger partial charge in [-0.05, 0) is 57.4 Å². The Bertz CT molecular complexity index is 990. The second-order valence-electron chi connectivity index (χ2n) is 7.84. The van der Waals surface area contributed by atoms with Crippen molar-refractivity contribution < 1.29 is 27.2 Å². The average molecular weight is 419 g/mol. The highest BCUT2D eigenvalue weighted by Crippen LogP contribution is 2.36. The molecule has 0 aliphatic carbocycles. The lowest BCUT2D eigenvalue weighted by Gasteiger charge is -2.32. The van der Waals surface area contributed by atoms with Crippen molar-refractivity contribution in [2.24, 2.45) is 0 Å². The van der Waals surface area contributed by atoms with Gasteiger partial charge in [0.2, 0.25) is 0 Å². The van der Waals surface area contributed by atoms with E-state index in [0.717, 1.165) is 5.46 Å². The highest BCUT2D eigenvalue weighted by atomic mass is 32.2. The molecule has 29 heavy (non-hydrogen) atoms. The van der Waals surface area contributed by atoms with Crippen LogP contribution in [-0.2, 0) is 19.3 Å². The van der Waals surface area contributed by atoms with Gasteiger partial charge < -0.3 is 18.8 Å². The van der Waals surface area contributed by atoms with Gasteiger partial charge in [0.1, 0.15) is 16.4 Å². The maximum absolute atomic E-state index is 12.9. The van der Waals surface area contributed by atoms with Gasteiger partial charge in [-0.1, -0.05) is 12.1 Å². The minimum Gasteiger partial charge on any atom is -0.497 e. The Labute approximate surface area is 172 Å². The highest BCUT2D eigenvalue weighted by Gasteiger charge is 2.51. The molecule has 1 aliphatic heterocycles. The fourth-order valence-electron chi connectivity index (χ4n) is 2.93. The first-order chi connectivity index (χ1) is 13.5. The Hall–Kier alpha value is -2.23. The van der Waals surface area contributed by atoms with E-state index >= 15 is 0 Å². The number of sulfonamides is 1. The molecule has 0 saturated carbocycles. The molecule has 3 rings (SSSR count). The standard InChI is InChI=1S/C20H26BNO6S/c1-19(2)20(3,4)28-21(27-19)14-8-7-9-15(12-14)22-29(23,24)18-11-10-16(25-5)13-17(18)26-6/h7-13,22H,1-6H3. The Balaban J connectivity index is 1.87. The SMILES string of the molecule is COc1ccc(S(=O)(=O)Nc2cccc(B3OC(C)(C)C(C)(C)O3)c2)c(OC)c1. The van der Waals surface area contributed by atoms with Crippen LogP contribution < -0.4 is 19.7 Å². The summed E-state index contributed by atoms with van der Waals surface area (Å²) in [4.78, 5) is 0.0156. The molecule has 0 amide bonds. The first kappa shape index (κ1) is 21.5. The molecule has 1 heterocycles. The van der Waals surface area contributed by atoms with Gasteiger partial charge in [-0.15, -0.1) is 0 Å². The smallest absolute Gasteiger partial charge is 0.494 e. The van der Waals surface area contributed by atoms with Crippen molar-refractivity contribution in [1.29, 1.82) is 0 Å². The monoisotopic (exact) mass is 419 g/mol. The fourth-order valence-corrected chi connectivity index (χ4v) is 4.14. The fraction of sp³-hybridized carbons (Fsp3) is 0.400. The van der Waals surface area contributed by atoms with Crippen LogP contribution in [0.3, 0.4) is 0 Å². The predicted molar refractivity (Wildman–Crippen MR) is 113 cm³/mol. The summed E-state index contributed by atoms with van der Waals surface area (Å²) in [5, 5.41) is 0. The van der Waals surface area contributed by atoms with Crippen LogP contribution >= 0.6 is 0 Å². The van der Waals surface area contributed by atoms with Crippen molar-refractivity contribution in [3.05, 3.63) is 42.5 Å². The molecule has 0 radical (unpaired) electrons. The molecule has 2 aromatic rings. The molecule has 1 fully saturated rings. The zero-order valence-corrected chi connectivity index (χ0v) is 18.3. The third-order valence-corrected chi connectivity index (χ3v) is 6.75. The molecule has 156 valence electrons. The van der Waals surface area contributed by atoms with Crippen LogP contribution in [-0.4, -0.2) is 41.0 Å². The summed E-state index contributed by atoms with van der Waals surface area (Å²) < 4.78 is 50.9. The lowest BCUT2D eigenvalue weighted by molar-refractivity contribution is 0.00578. The Kier molecular flexibility index (Phi) is 5.59. The summed E-state index contributed by atoms with van der Waals surface area (Å²) in [5.41, 5.74) is 0.161. The summed E-state index contributed by atoms with van der Waals surface area (Å²) in [6, 6.07) is 11.5. The number of rotatable bonds is 6. The average Bonchev–Trinajstić information content (AvgIpc) is 2.88. The van der Waals surface area contributed by atoms with Gasteiger partial charge in [-0.2, -0.15) is 0 Å².